The second kappa shape index (κ2) is 12.6. The highest BCUT2D eigenvalue weighted by molar-refractivity contribution is 5.85. The number of hydrogen-bond acceptors (Lipinski definition) is 6. The molecule has 0 saturated carbocycles. The maximum atomic E-state index is 10.7. The van der Waals surface area contributed by atoms with Crippen LogP contribution in [-0.2, 0) is 16.2 Å². The van der Waals surface area contributed by atoms with E-state index in [-0.39, 0.29) is 19.8 Å². The molecule has 32 heavy (non-hydrogen) atoms. The van der Waals surface area contributed by atoms with Crippen LogP contribution in [0.25, 0.3) is 12.2 Å². The van der Waals surface area contributed by atoms with Crippen molar-refractivity contribution in [3.8, 4) is 17.2 Å². The van der Waals surface area contributed by atoms with E-state index in [0.717, 1.165) is 12.2 Å². The van der Waals surface area contributed by atoms with E-state index in [9.17, 15) is 14.7 Å². The van der Waals surface area contributed by atoms with Gasteiger partial charge in [0.1, 0.15) is 19.0 Å². The number of aliphatic hydroxyl groups excluding tert-OH is 1. The molecule has 2 rings (SSSR count). The van der Waals surface area contributed by atoms with E-state index in [2.05, 4.69) is 0 Å². The molecule has 0 spiro atoms. The minimum atomic E-state index is -1.05. The molecule has 2 aromatic rings. The van der Waals surface area contributed by atoms with Gasteiger partial charge in [0.05, 0.1) is 13.7 Å². The molecule has 0 unspecified atom stereocenters. The number of rotatable bonds is 12. The summed E-state index contributed by atoms with van der Waals surface area (Å²) in [5, 5.41) is 26.9. The quantitative estimate of drug-likeness (QED) is 0.339. The smallest absolute Gasteiger partial charge is 0.328 e. The highest BCUT2D eigenvalue weighted by Gasteiger charge is 2.05. The number of carboxylic acids is 2. The molecule has 0 heterocycles. The molecule has 0 aliphatic heterocycles. The summed E-state index contributed by atoms with van der Waals surface area (Å²) in [7, 11) is 1.51. The molecule has 0 aliphatic carbocycles. The zero-order valence-electron chi connectivity index (χ0n) is 17.4. The van der Waals surface area contributed by atoms with Crippen LogP contribution in [0.1, 0.15) is 16.7 Å². The third-order valence-corrected chi connectivity index (χ3v) is 4.12. The van der Waals surface area contributed by atoms with Gasteiger partial charge in [-0.05, 0) is 53.6 Å². The summed E-state index contributed by atoms with van der Waals surface area (Å²) in [4.78, 5) is 21.3. The lowest BCUT2D eigenvalue weighted by atomic mass is 10.1. The standard InChI is InChI=1S/C24H24O8/c1-30-20-9-5-18(7-11-24(28)29)15-22(20)32-13-3-2-12-31-21-14-17(6-10-23(26)27)4-8-19(21)16-25/h2-11,14-15,25H,12-13,16H2,1H3,(H,26,27)(H,28,29)/b3-2+,10-6+,11-7+. The van der Waals surface area contributed by atoms with Gasteiger partial charge in [0.25, 0.3) is 0 Å². The first-order valence-corrected chi connectivity index (χ1v) is 9.57. The Bertz CT molecular complexity index is 939. The Morgan fingerprint density at radius 1 is 0.812 bits per heavy atom. The molecular formula is C24H24O8. The molecule has 0 fully saturated rings. The van der Waals surface area contributed by atoms with Gasteiger partial charge in [-0.3, -0.25) is 0 Å². The Balaban J connectivity index is 1.95. The number of aliphatic hydroxyl groups is 1. The average Bonchev–Trinajstić information content (AvgIpc) is 2.78. The van der Waals surface area contributed by atoms with Gasteiger partial charge in [-0.25, -0.2) is 9.59 Å². The van der Waals surface area contributed by atoms with Crippen molar-refractivity contribution in [2.45, 2.75) is 6.61 Å². The van der Waals surface area contributed by atoms with Gasteiger partial charge in [0, 0.05) is 17.7 Å². The van der Waals surface area contributed by atoms with E-state index in [1.807, 2.05) is 0 Å². The fraction of sp³-hybridized carbons (Fsp3) is 0.167. The maximum absolute atomic E-state index is 10.7. The highest BCUT2D eigenvalue weighted by Crippen LogP contribution is 2.28. The minimum Gasteiger partial charge on any atom is -0.493 e. The molecule has 0 aliphatic rings. The summed E-state index contributed by atoms with van der Waals surface area (Å²) in [5.74, 6) is -0.669. The normalized spacial score (nSPS) is 11.3. The van der Waals surface area contributed by atoms with Crippen molar-refractivity contribution in [3.05, 3.63) is 77.4 Å². The SMILES string of the molecule is COc1ccc(/C=C/C(=O)O)cc1OC/C=C/COc1cc(/C=C/C(=O)O)ccc1CO. The largest absolute Gasteiger partial charge is 0.493 e. The fourth-order valence-corrected chi connectivity index (χ4v) is 2.60. The van der Waals surface area contributed by atoms with E-state index in [4.69, 9.17) is 24.4 Å². The second-order valence-corrected chi connectivity index (χ2v) is 6.37. The van der Waals surface area contributed by atoms with Gasteiger partial charge < -0.3 is 29.5 Å². The number of benzene rings is 2. The Labute approximate surface area is 185 Å². The van der Waals surface area contributed by atoms with Gasteiger partial charge in [0.15, 0.2) is 11.5 Å². The Hall–Kier alpha value is -4.04. The first-order chi connectivity index (χ1) is 15.4. The van der Waals surface area contributed by atoms with Crippen molar-refractivity contribution in [1.82, 2.24) is 0 Å². The van der Waals surface area contributed by atoms with Crippen molar-refractivity contribution < 1.29 is 39.1 Å². The van der Waals surface area contributed by atoms with Crippen LogP contribution in [0.3, 0.4) is 0 Å². The second-order valence-electron chi connectivity index (χ2n) is 6.37. The van der Waals surface area contributed by atoms with Crippen LogP contribution in [0.15, 0.2) is 60.7 Å². The van der Waals surface area contributed by atoms with E-state index in [1.54, 1.807) is 48.6 Å². The third-order valence-electron chi connectivity index (χ3n) is 4.12. The predicted molar refractivity (Wildman–Crippen MR) is 119 cm³/mol. The van der Waals surface area contributed by atoms with Gasteiger partial charge >= 0.3 is 11.9 Å². The minimum absolute atomic E-state index is 0.209. The molecule has 2 aromatic carbocycles. The highest BCUT2D eigenvalue weighted by atomic mass is 16.5. The summed E-state index contributed by atoms with van der Waals surface area (Å²) in [6.07, 6.45) is 8.43. The van der Waals surface area contributed by atoms with Crippen molar-refractivity contribution in [1.29, 1.82) is 0 Å². The molecule has 3 N–H and O–H groups in total. The molecular weight excluding hydrogens is 416 g/mol. The van der Waals surface area contributed by atoms with Gasteiger partial charge in [-0.15, -0.1) is 0 Å². The summed E-state index contributed by atoms with van der Waals surface area (Å²) in [6.45, 7) is 0.221. The number of aliphatic carboxylic acids is 2. The summed E-state index contributed by atoms with van der Waals surface area (Å²) in [6, 6.07) is 10.1. The zero-order valence-corrected chi connectivity index (χ0v) is 17.4. The molecule has 0 bridgehead atoms. The molecule has 0 amide bonds. The topological polar surface area (TPSA) is 123 Å². The molecule has 168 valence electrons. The summed E-state index contributed by atoms with van der Waals surface area (Å²) < 4.78 is 16.6. The fourth-order valence-electron chi connectivity index (χ4n) is 2.60. The zero-order chi connectivity index (χ0) is 23.3. The number of carboxylic acid groups (broad SMARTS) is 2. The van der Waals surface area contributed by atoms with Crippen LogP contribution in [0.2, 0.25) is 0 Å². The van der Waals surface area contributed by atoms with Crippen LogP contribution >= 0.6 is 0 Å². The predicted octanol–water partition coefficient (Wildman–Crippen LogP) is 3.40. The van der Waals surface area contributed by atoms with Crippen LogP contribution in [0.4, 0.5) is 0 Å². The van der Waals surface area contributed by atoms with Crippen molar-refractivity contribution in [2.24, 2.45) is 0 Å². The average molecular weight is 440 g/mol. The van der Waals surface area contributed by atoms with Gasteiger partial charge in [0.2, 0.25) is 0 Å². The monoisotopic (exact) mass is 440 g/mol. The van der Waals surface area contributed by atoms with Crippen LogP contribution in [0.5, 0.6) is 17.2 Å². The lowest BCUT2D eigenvalue weighted by Crippen LogP contribution is -2.00. The molecule has 8 heteroatoms. The molecule has 8 nitrogen and oxygen atoms in total. The van der Waals surface area contributed by atoms with Crippen LogP contribution in [-0.4, -0.2) is 47.6 Å². The first kappa shape index (κ1) is 24.2. The number of carbonyl (C=O) groups is 2. The number of methoxy groups -OCH3 is 1. The first-order valence-electron chi connectivity index (χ1n) is 9.57. The molecule has 0 aromatic heterocycles. The summed E-state index contributed by atoms with van der Waals surface area (Å²) >= 11 is 0. The van der Waals surface area contributed by atoms with E-state index >= 15 is 0 Å². The Kier molecular flexibility index (Phi) is 9.55. The van der Waals surface area contributed by atoms with E-state index < -0.39 is 11.9 Å². The van der Waals surface area contributed by atoms with Gasteiger partial charge in [-0.1, -0.05) is 18.2 Å². The number of hydrogen-bond donors (Lipinski definition) is 3. The molecule has 0 saturated heterocycles. The van der Waals surface area contributed by atoms with Crippen molar-refractivity contribution >= 4 is 24.1 Å². The third kappa shape index (κ3) is 8.00. The Morgan fingerprint density at radius 2 is 1.34 bits per heavy atom. The van der Waals surface area contributed by atoms with Gasteiger partial charge in [-0.2, -0.15) is 0 Å². The maximum Gasteiger partial charge on any atom is 0.328 e. The van der Waals surface area contributed by atoms with Crippen molar-refractivity contribution in [3.63, 3.8) is 0 Å². The molecule has 0 radical (unpaired) electrons. The van der Waals surface area contributed by atoms with E-state index in [0.29, 0.717) is 33.9 Å². The Morgan fingerprint density at radius 3 is 1.88 bits per heavy atom. The lowest BCUT2D eigenvalue weighted by Gasteiger charge is -2.11. The number of ether oxygens (including phenoxy) is 3. The molecule has 0 atom stereocenters. The summed E-state index contributed by atoms with van der Waals surface area (Å²) in [5.41, 5.74) is 1.87. The van der Waals surface area contributed by atoms with Crippen LogP contribution in [0, 0.1) is 0 Å². The van der Waals surface area contributed by atoms with Crippen molar-refractivity contribution in [2.75, 3.05) is 20.3 Å². The lowest BCUT2D eigenvalue weighted by molar-refractivity contribution is -0.132. The van der Waals surface area contributed by atoms with E-state index in [1.165, 1.54) is 19.3 Å². The van der Waals surface area contributed by atoms with Crippen LogP contribution < -0.4 is 14.2 Å².